The van der Waals surface area contributed by atoms with Crippen molar-refractivity contribution in [2.45, 2.75) is 67.5 Å². The van der Waals surface area contributed by atoms with Gasteiger partial charge in [-0.1, -0.05) is 0 Å². The Hall–Kier alpha value is -3.62. The lowest BCUT2D eigenvalue weighted by Gasteiger charge is -2.41. The minimum atomic E-state index is -1.84. The molecule has 5 rings (SSSR count). The number of benzene rings is 2. The van der Waals surface area contributed by atoms with E-state index in [1.165, 1.54) is 25.3 Å². The van der Waals surface area contributed by atoms with Crippen LogP contribution in [0.4, 0.5) is 0 Å². The molecule has 2 fully saturated rings. The molecule has 248 valence electrons. The Balaban J connectivity index is 1.57. The van der Waals surface area contributed by atoms with Crippen molar-refractivity contribution in [1.29, 1.82) is 0 Å². The molecule has 0 radical (unpaired) electrons. The lowest BCUT2D eigenvalue weighted by Crippen LogP contribution is -2.60. The molecule has 3 aliphatic heterocycles. The first-order valence-electron chi connectivity index (χ1n) is 13.7. The van der Waals surface area contributed by atoms with E-state index in [1.54, 1.807) is 0 Å². The van der Waals surface area contributed by atoms with Crippen molar-refractivity contribution in [3.63, 3.8) is 0 Å². The van der Waals surface area contributed by atoms with E-state index in [2.05, 4.69) is 0 Å². The van der Waals surface area contributed by atoms with Crippen molar-refractivity contribution >= 4 is 6.08 Å². The fourth-order valence-corrected chi connectivity index (χ4v) is 5.17. The van der Waals surface area contributed by atoms with Gasteiger partial charge in [0.25, 0.3) is 0 Å². The summed E-state index contributed by atoms with van der Waals surface area (Å²) >= 11 is 0. The largest absolute Gasteiger partial charge is 0.508 e. The predicted molar refractivity (Wildman–Crippen MR) is 145 cm³/mol. The second-order valence-electron chi connectivity index (χ2n) is 10.6. The summed E-state index contributed by atoms with van der Waals surface area (Å²) < 4.78 is 33.8. The number of aliphatic hydroxyl groups excluding tert-OH is 8. The van der Waals surface area contributed by atoms with Crippen LogP contribution in [0.15, 0.2) is 30.0 Å². The summed E-state index contributed by atoms with van der Waals surface area (Å²) in [5.74, 6) is -2.21. The molecule has 11 atom stereocenters. The molecule has 2 aromatic rings. The van der Waals surface area contributed by atoms with E-state index >= 15 is 0 Å². The van der Waals surface area contributed by atoms with Crippen molar-refractivity contribution in [2.24, 2.45) is 0 Å². The second-order valence-corrected chi connectivity index (χ2v) is 10.6. The molecule has 0 saturated carbocycles. The number of phenols is 3. The van der Waals surface area contributed by atoms with Crippen LogP contribution in [0.1, 0.15) is 17.2 Å². The average Bonchev–Trinajstić information content (AvgIpc) is 3.02. The third-order valence-electron chi connectivity index (χ3n) is 7.67. The molecule has 45 heavy (non-hydrogen) atoms. The van der Waals surface area contributed by atoms with E-state index in [-0.39, 0.29) is 34.1 Å². The maximum atomic E-state index is 10.6. The highest BCUT2D eigenvalue weighted by molar-refractivity contribution is 5.70. The van der Waals surface area contributed by atoms with Crippen molar-refractivity contribution in [3.8, 4) is 34.5 Å². The first-order valence-corrected chi connectivity index (χ1v) is 13.7. The first kappa shape index (κ1) is 32.8. The van der Waals surface area contributed by atoms with E-state index in [9.17, 15) is 56.2 Å². The summed E-state index contributed by atoms with van der Waals surface area (Å²) in [5, 5.41) is 112. The van der Waals surface area contributed by atoms with E-state index in [0.29, 0.717) is 0 Å². The van der Waals surface area contributed by atoms with Gasteiger partial charge in [-0.25, -0.2) is 0 Å². The molecule has 11 unspecified atom stereocenters. The Morgan fingerprint density at radius 2 is 1.27 bits per heavy atom. The van der Waals surface area contributed by atoms with Crippen molar-refractivity contribution in [3.05, 3.63) is 41.2 Å². The Bertz CT molecular complexity index is 1400. The van der Waals surface area contributed by atoms with Gasteiger partial charge in [0.15, 0.2) is 17.6 Å². The van der Waals surface area contributed by atoms with Gasteiger partial charge in [-0.2, -0.15) is 0 Å². The molecule has 0 spiro atoms. The number of ether oxygens (including phenoxy) is 6. The second kappa shape index (κ2) is 13.0. The van der Waals surface area contributed by atoms with Gasteiger partial charge in [0, 0.05) is 17.7 Å². The third kappa shape index (κ3) is 6.15. The Kier molecular flexibility index (Phi) is 9.47. The highest BCUT2D eigenvalue weighted by Gasteiger charge is 2.47. The summed E-state index contributed by atoms with van der Waals surface area (Å²) in [5.41, 5.74) is 0.152. The van der Waals surface area contributed by atoms with Crippen molar-refractivity contribution in [2.75, 3.05) is 20.3 Å². The number of phenolic OH excluding ortho intramolecular Hbond substituents is 3. The van der Waals surface area contributed by atoms with Crippen LogP contribution in [0.25, 0.3) is 6.08 Å². The van der Waals surface area contributed by atoms with Gasteiger partial charge in [-0.15, -0.1) is 0 Å². The lowest BCUT2D eigenvalue weighted by atomic mass is 9.98. The Labute approximate surface area is 254 Å². The van der Waals surface area contributed by atoms with Crippen LogP contribution in [0.3, 0.4) is 0 Å². The van der Waals surface area contributed by atoms with E-state index < -0.39 is 98.0 Å². The zero-order valence-corrected chi connectivity index (χ0v) is 23.5. The lowest BCUT2D eigenvalue weighted by molar-refractivity contribution is -0.293. The standard InChI is InChI=1S/C28H34O17/c1-40-15-3-9(2-12(32)19(15)33)26-16(43-28-25(39)23(37)21(35)18(8-30)45-28)6-11-13(41-26)4-10(31)5-14(11)42-27-24(38)22(36)20(34)17(7-29)44-27/h2-6,17-18,20-39H,7-8H2,1H3. The molecular weight excluding hydrogens is 608 g/mol. The van der Waals surface area contributed by atoms with Gasteiger partial charge in [-0.3, -0.25) is 0 Å². The predicted octanol–water partition coefficient (Wildman–Crippen LogP) is -2.72. The molecule has 0 amide bonds. The molecule has 0 bridgehead atoms. The zero-order valence-electron chi connectivity index (χ0n) is 23.5. The number of aromatic hydroxyl groups is 3. The van der Waals surface area contributed by atoms with E-state index in [1.807, 2.05) is 0 Å². The Morgan fingerprint density at radius 1 is 0.689 bits per heavy atom. The fraction of sp³-hybridized carbons (Fsp3) is 0.500. The number of rotatable bonds is 8. The minimum Gasteiger partial charge on any atom is -0.508 e. The summed E-state index contributed by atoms with van der Waals surface area (Å²) in [7, 11) is 1.23. The first-order chi connectivity index (χ1) is 21.4. The van der Waals surface area contributed by atoms with Crippen LogP contribution in [-0.4, -0.2) is 138 Å². The molecular formula is C28H34O17. The summed E-state index contributed by atoms with van der Waals surface area (Å²) in [6.45, 7) is -1.47. The fourth-order valence-electron chi connectivity index (χ4n) is 5.17. The summed E-state index contributed by atoms with van der Waals surface area (Å²) in [6.07, 6.45) is -16.6. The van der Waals surface area contributed by atoms with Gasteiger partial charge in [0.1, 0.15) is 71.8 Å². The van der Waals surface area contributed by atoms with Gasteiger partial charge in [0.05, 0.1) is 25.9 Å². The van der Waals surface area contributed by atoms with E-state index in [0.717, 1.165) is 12.1 Å². The quantitative estimate of drug-likeness (QED) is 0.131. The number of aliphatic hydroxyl groups is 8. The molecule has 11 N–H and O–H groups in total. The Morgan fingerprint density at radius 3 is 1.82 bits per heavy atom. The maximum absolute atomic E-state index is 10.6. The molecule has 0 aliphatic carbocycles. The van der Waals surface area contributed by atoms with Gasteiger partial charge in [0.2, 0.25) is 18.3 Å². The highest BCUT2D eigenvalue weighted by atomic mass is 16.7. The molecule has 3 aliphatic rings. The SMILES string of the molecule is COc1cc(C2Oc3cc(O)cc(OC4OC(CO)C(O)C(O)C4O)c3C=C2OC2OC(CO)C(O)C(O)C2O)cc(O)c1O. The minimum absolute atomic E-state index is 0.0376. The average molecular weight is 643 g/mol. The topological polar surface area (TPSA) is 278 Å². The number of fused-ring (bicyclic) bond motifs is 1. The highest BCUT2D eigenvalue weighted by Crippen LogP contribution is 2.48. The maximum Gasteiger partial charge on any atom is 0.229 e. The zero-order chi connectivity index (χ0) is 32.7. The summed E-state index contributed by atoms with van der Waals surface area (Å²) in [4.78, 5) is 0. The van der Waals surface area contributed by atoms with Crippen LogP contribution in [0.2, 0.25) is 0 Å². The number of methoxy groups -OCH3 is 1. The van der Waals surface area contributed by atoms with Crippen LogP contribution < -0.4 is 14.2 Å². The number of hydrogen-bond acceptors (Lipinski definition) is 17. The summed E-state index contributed by atoms with van der Waals surface area (Å²) in [6, 6.07) is 4.69. The third-order valence-corrected chi connectivity index (χ3v) is 7.67. The van der Waals surface area contributed by atoms with Crippen LogP contribution in [-0.2, 0) is 14.2 Å². The normalized spacial score (nSPS) is 34.7. The van der Waals surface area contributed by atoms with Gasteiger partial charge in [-0.05, 0) is 18.2 Å². The van der Waals surface area contributed by atoms with Gasteiger partial charge < -0.3 is 84.6 Å². The molecule has 0 aromatic heterocycles. The van der Waals surface area contributed by atoms with Crippen molar-refractivity contribution < 1.29 is 84.6 Å². The molecule has 3 heterocycles. The molecule has 2 aromatic carbocycles. The van der Waals surface area contributed by atoms with Crippen LogP contribution >= 0.6 is 0 Å². The van der Waals surface area contributed by atoms with Crippen LogP contribution in [0, 0.1) is 0 Å². The van der Waals surface area contributed by atoms with Crippen LogP contribution in [0.5, 0.6) is 34.5 Å². The number of hydrogen-bond donors (Lipinski definition) is 11. The monoisotopic (exact) mass is 642 g/mol. The molecule has 2 saturated heterocycles. The van der Waals surface area contributed by atoms with E-state index in [4.69, 9.17) is 28.4 Å². The van der Waals surface area contributed by atoms with Gasteiger partial charge >= 0.3 is 0 Å². The van der Waals surface area contributed by atoms with Crippen molar-refractivity contribution in [1.82, 2.24) is 0 Å². The molecule has 17 nitrogen and oxygen atoms in total. The molecule has 17 heteroatoms. The smallest absolute Gasteiger partial charge is 0.229 e.